The first-order valence-corrected chi connectivity index (χ1v) is 6.63. The Morgan fingerprint density at radius 3 is 2.95 bits per heavy atom. The van der Waals surface area contributed by atoms with Gasteiger partial charge < -0.3 is 15.7 Å². The molecule has 1 aromatic rings. The zero-order valence-corrected chi connectivity index (χ0v) is 11.3. The molecule has 0 aliphatic carbocycles. The molecule has 1 heterocycles. The number of halogens is 3. The van der Waals surface area contributed by atoms with Gasteiger partial charge in [-0.3, -0.25) is 4.79 Å². The molecule has 3 atom stereocenters. The maximum atomic E-state index is 13.9. The van der Waals surface area contributed by atoms with Gasteiger partial charge in [-0.15, -0.1) is 0 Å². The summed E-state index contributed by atoms with van der Waals surface area (Å²) in [6, 6.07) is 2.76. The van der Waals surface area contributed by atoms with Crippen molar-refractivity contribution >= 4 is 17.5 Å². The molecule has 0 radical (unpaired) electrons. The van der Waals surface area contributed by atoms with Crippen molar-refractivity contribution in [1.29, 1.82) is 0 Å². The smallest absolute Gasteiger partial charge is 0.237 e. The van der Waals surface area contributed by atoms with Crippen LogP contribution >= 0.6 is 11.6 Å². The molecule has 20 heavy (non-hydrogen) atoms. The molecule has 0 saturated carbocycles. The molecule has 0 aromatic heterocycles. The van der Waals surface area contributed by atoms with Crippen molar-refractivity contribution in [3.63, 3.8) is 0 Å². The predicted molar refractivity (Wildman–Crippen MR) is 70.7 cm³/mol. The van der Waals surface area contributed by atoms with Gasteiger partial charge in [-0.05, 0) is 6.07 Å². The summed E-state index contributed by atoms with van der Waals surface area (Å²) in [7, 11) is 0. The van der Waals surface area contributed by atoms with Gasteiger partial charge >= 0.3 is 0 Å². The highest BCUT2D eigenvalue weighted by Crippen LogP contribution is 2.23. The average molecular weight is 305 g/mol. The van der Waals surface area contributed by atoms with E-state index in [0.717, 1.165) is 0 Å². The number of aliphatic hydroxyl groups is 1. The third-order valence-electron chi connectivity index (χ3n) is 3.25. The highest BCUT2D eigenvalue weighted by Gasteiger charge is 2.31. The second-order valence-corrected chi connectivity index (χ2v) is 5.09. The number of hydrogen-bond donors (Lipinski definition) is 3. The number of amides is 1. The first-order valence-electron chi connectivity index (χ1n) is 6.25. The van der Waals surface area contributed by atoms with E-state index < -0.39 is 36.6 Å². The van der Waals surface area contributed by atoms with E-state index in [1.54, 1.807) is 0 Å². The zero-order valence-electron chi connectivity index (χ0n) is 10.6. The molecule has 2 unspecified atom stereocenters. The standard InChI is InChI=1S/C13H15ClF2N2O2/c14-9-3-1-2-8(12(9)16)11(6-19)18-13(20)10-4-7(15)5-17-10/h1-3,7,10-11,17,19H,4-6H2,(H,18,20)/t7?,10?,11-/m0/s1. The molecule has 0 bridgehead atoms. The zero-order chi connectivity index (χ0) is 14.7. The number of carbonyl (C=O) groups is 1. The van der Waals surface area contributed by atoms with E-state index in [9.17, 15) is 18.7 Å². The van der Waals surface area contributed by atoms with Crippen LogP contribution in [0.1, 0.15) is 18.0 Å². The topological polar surface area (TPSA) is 61.4 Å². The first kappa shape index (κ1) is 15.2. The first-order chi connectivity index (χ1) is 9.52. The lowest BCUT2D eigenvalue weighted by Gasteiger charge is -2.20. The molecular weight excluding hydrogens is 290 g/mol. The maximum Gasteiger partial charge on any atom is 0.237 e. The molecular formula is C13H15ClF2N2O2. The van der Waals surface area contributed by atoms with E-state index >= 15 is 0 Å². The monoisotopic (exact) mass is 304 g/mol. The highest BCUT2D eigenvalue weighted by molar-refractivity contribution is 6.30. The number of carbonyl (C=O) groups excluding carboxylic acids is 1. The van der Waals surface area contributed by atoms with Crippen molar-refractivity contribution in [3.05, 3.63) is 34.6 Å². The lowest BCUT2D eigenvalue weighted by molar-refractivity contribution is -0.124. The molecule has 1 aliphatic rings. The second kappa shape index (κ2) is 6.47. The van der Waals surface area contributed by atoms with Gasteiger partial charge in [0, 0.05) is 18.5 Å². The summed E-state index contributed by atoms with van der Waals surface area (Å²) in [5.41, 5.74) is 0.100. The second-order valence-electron chi connectivity index (χ2n) is 4.68. The van der Waals surface area contributed by atoms with Crippen LogP contribution in [0.3, 0.4) is 0 Å². The third kappa shape index (κ3) is 3.26. The van der Waals surface area contributed by atoms with E-state index in [-0.39, 0.29) is 23.6 Å². The SMILES string of the molecule is O=C(N[C@@H](CO)c1cccc(Cl)c1F)C1CC(F)CN1. The molecule has 110 valence electrons. The van der Waals surface area contributed by atoms with Crippen molar-refractivity contribution in [3.8, 4) is 0 Å². The summed E-state index contributed by atoms with van der Waals surface area (Å²) in [6.45, 7) is -0.359. The van der Waals surface area contributed by atoms with Crippen LogP contribution in [-0.2, 0) is 4.79 Å². The Morgan fingerprint density at radius 1 is 1.60 bits per heavy atom. The summed E-state index contributed by atoms with van der Waals surface area (Å²) in [5, 5.41) is 14.5. The Morgan fingerprint density at radius 2 is 2.35 bits per heavy atom. The predicted octanol–water partition coefficient (Wildman–Crippen LogP) is 1.33. The molecule has 4 nitrogen and oxygen atoms in total. The molecule has 1 saturated heterocycles. The highest BCUT2D eigenvalue weighted by atomic mass is 35.5. The van der Waals surface area contributed by atoms with Crippen molar-refractivity contribution in [2.24, 2.45) is 0 Å². The number of benzene rings is 1. The van der Waals surface area contributed by atoms with E-state index in [1.165, 1.54) is 18.2 Å². The molecule has 3 N–H and O–H groups in total. The van der Waals surface area contributed by atoms with Crippen molar-refractivity contribution in [2.75, 3.05) is 13.2 Å². The summed E-state index contributed by atoms with van der Waals surface area (Å²) in [4.78, 5) is 11.9. The lowest BCUT2D eigenvalue weighted by atomic mass is 10.1. The molecule has 0 spiro atoms. The van der Waals surface area contributed by atoms with Crippen LogP contribution in [0.5, 0.6) is 0 Å². The van der Waals surface area contributed by atoms with Crippen molar-refractivity contribution in [2.45, 2.75) is 24.7 Å². The van der Waals surface area contributed by atoms with Gasteiger partial charge in [-0.2, -0.15) is 0 Å². The van der Waals surface area contributed by atoms with Gasteiger partial charge in [0.25, 0.3) is 0 Å². The quantitative estimate of drug-likeness (QED) is 0.786. The Hall–Kier alpha value is -1.24. The minimum atomic E-state index is -1.07. The molecule has 2 rings (SSSR count). The molecule has 1 amide bonds. The largest absolute Gasteiger partial charge is 0.394 e. The normalized spacial score (nSPS) is 23.6. The van der Waals surface area contributed by atoms with E-state index in [2.05, 4.69) is 10.6 Å². The van der Waals surface area contributed by atoms with Crippen LogP contribution in [0.4, 0.5) is 8.78 Å². The van der Waals surface area contributed by atoms with Crippen LogP contribution in [0.25, 0.3) is 0 Å². The van der Waals surface area contributed by atoms with Gasteiger partial charge in [0.1, 0.15) is 12.0 Å². The minimum Gasteiger partial charge on any atom is -0.394 e. The fourth-order valence-electron chi connectivity index (χ4n) is 2.18. The van der Waals surface area contributed by atoms with Gasteiger partial charge in [-0.25, -0.2) is 8.78 Å². The van der Waals surface area contributed by atoms with E-state index in [0.29, 0.717) is 0 Å². The van der Waals surface area contributed by atoms with Crippen molar-refractivity contribution in [1.82, 2.24) is 10.6 Å². The number of nitrogens with one attached hydrogen (secondary N) is 2. The van der Waals surface area contributed by atoms with Gasteiger partial charge in [-0.1, -0.05) is 23.7 Å². The van der Waals surface area contributed by atoms with Crippen LogP contribution in [0.15, 0.2) is 18.2 Å². The summed E-state index contributed by atoms with van der Waals surface area (Å²) in [6.07, 6.45) is -0.997. The van der Waals surface area contributed by atoms with Crippen LogP contribution < -0.4 is 10.6 Å². The summed E-state index contributed by atoms with van der Waals surface area (Å²) in [5.74, 6) is -1.15. The third-order valence-corrected chi connectivity index (χ3v) is 3.54. The Kier molecular flexibility index (Phi) is 4.91. The fourth-order valence-corrected chi connectivity index (χ4v) is 2.36. The minimum absolute atomic E-state index is 0.0714. The summed E-state index contributed by atoms with van der Waals surface area (Å²) >= 11 is 5.67. The fraction of sp³-hybridized carbons (Fsp3) is 0.462. The summed E-state index contributed by atoms with van der Waals surface area (Å²) < 4.78 is 26.9. The molecule has 7 heteroatoms. The lowest BCUT2D eigenvalue weighted by Crippen LogP contribution is -2.43. The molecule has 1 aliphatic heterocycles. The Labute approximate surface area is 120 Å². The van der Waals surface area contributed by atoms with Crippen LogP contribution in [-0.4, -0.2) is 36.4 Å². The van der Waals surface area contributed by atoms with Crippen molar-refractivity contribution < 1.29 is 18.7 Å². The van der Waals surface area contributed by atoms with Gasteiger partial charge in [0.2, 0.25) is 5.91 Å². The number of alkyl halides is 1. The van der Waals surface area contributed by atoms with Gasteiger partial charge in [0.05, 0.1) is 23.7 Å². The Balaban J connectivity index is 2.09. The molecule has 1 aromatic carbocycles. The molecule has 1 fully saturated rings. The van der Waals surface area contributed by atoms with Gasteiger partial charge in [0.15, 0.2) is 0 Å². The van der Waals surface area contributed by atoms with E-state index in [1.807, 2.05) is 0 Å². The number of rotatable bonds is 4. The average Bonchev–Trinajstić information content (AvgIpc) is 2.86. The number of aliphatic hydroxyl groups excluding tert-OH is 1. The number of hydrogen-bond acceptors (Lipinski definition) is 3. The maximum absolute atomic E-state index is 13.9. The van der Waals surface area contributed by atoms with E-state index in [4.69, 9.17) is 11.6 Å². The Bertz CT molecular complexity index is 501. The van der Waals surface area contributed by atoms with Crippen LogP contribution in [0, 0.1) is 5.82 Å². The van der Waals surface area contributed by atoms with Crippen LogP contribution in [0.2, 0.25) is 5.02 Å².